The van der Waals surface area contributed by atoms with Crippen LogP contribution in [0.1, 0.15) is 30.4 Å². The average molecular weight is 371 g/mol. The van der Waals surface area contributed by atoms with Gasteiger partial charge in [0.15, 0.2) is 6.61 Å². The lowest BCUT2D eigenvalue weighted by Crippen LogP contribution is -2.32. The molecule has 0 spiro atoms. The number of benzene rings is 2. The van der Waals surface area contributed by atoms with Crippen LogP contribution in [0.15, 0.2) is 36.4 Å². The first-order chi connectivity index (χ1) is 12.5. The van der Waals surface area contributed by atoms with Gasteiger partial charge in [0.1, 0.15) is 5.75 Å². The van der Waals surface area contributed by atoms with Crippen molar-refractivity contribution in [2.24, 2.45) is 0 Å². The van der Waals surface area contributed by atoms with Crippen molar-refractivity contribution in [3.8, 4) is 5.75 Å². The molecule has 1 N–H and O–H groups in total. The zero-order chi connectivity index (χ0) is 18.3. The molecule has 0 saturated carbocycles. The van der Waals surface area contributed by atoms with Crippen molar-refractivity contribution < 1.29 is 14.3 Å². The summed E-state index contributed by atoms with van der Waals surface area (Å²) in [7, 11) is 0. The summed E-state index contributed by atoms with van der Waals surface area (Å²) in [6.45, 7) is 2.62. The van der Waals surface area contributed by atoms with Crippen LogP contribution in [0.4, 0.5) is 11.4 Å². The lowest BCUT2D eigenvalue weighted by Gasteiger charge is -2.26. The molecule has 5 nitrogen and oxygen atoms in total. The molecule has 0 bridgehead atoms. The molecule has 2 amide bonds. The van der Waals surface area contributed by atoms with E-state index in [0.29, 0.717) is 16.5 Å². The van der Waals surface area contributed by atoms with Gasteiger partial charge in [0.2, 0.25) is 5.91 Å². The number of aryl methyl sites for hydroxylation is 1. The average Bonchev–Trinajstić information content (AvgIpc) is 2.88. The number of ether oxygens (including phenoxy) is 1. The monoisotopic (exact) mass is 370 g/mol. The number of carbonyl (C=O) groups excluding carboxylic acids is 2. The van der Waals surface area contributed by atoms with Crippen molar-refractivity contribution in [3.63, 3.8) is 0 Å². The summed E-state index contributed by atoms with van der Waals surface area (Å²) in [6.07, 6.45) is 1.87. The molecule has 0 radical (unpaired) electrons. The molecule has 2 aliphatic heterocycles. The van der Waals surface area contributed by atoms with Crippen molar-refractivity contribution in [1.82, 2.24) is 0 Å². The Hall–Kier alpha value is -2.53. The van der Waals surface area contributed by atoms with Crippen LogP contribution < -0.4 is 15.0 Å². The fourth-order valence-corrected chi connectivity index (χ4v) is 3.77. The highest BCUT2D eigenvalue weighted by Gasteiger charge is 2.37. The van der Waals surface area contributed by atoms with E-state index in [1.165, 1.54) is 0 Å². The van der Waals surface area contributed by atoms with E-state index >= 15 is 0 Å². The van der Waals surface area contributed by atoms with Gasteiger partial charge >= 0.3 is 0 Å². The van der Waals surface area contributed by atoms with Gasteiger partial charge in [-0.3, -0.25) is 9.59 Å². The lowest BCUT2D eigenvalue weighted by atomic mass is 9.96. The van der Waals surface area contributed by atoms with E-state index in [1.807, 2.05) is 24.0 Å². The Labute approximate surface area is 156 Å². The van der Waals surface area contributed by atoms with Gasteiger partial charge in [0.05, 0.1) is 11.6 Å². The van der Waals surface area contributed by atoms with Crippen LogP contribution in [0, 0.1) is 0 Å². The molecule has 0 aromatic heterocycles. The smallest absolute Gasteiger partial charge is 0.262 e. The zero-order valence-corrected chi connectivity index (χ0v) is 15.2. The Bertz CT molecular complexity index is 879. The summed E-state index contributed by atoms with van der Waals surface area (Å²) in [5.74, 6) is 0.333. The molecule has 0 fully saturated rings. The standard InChI is InChI=1S/C20H19ClN2O3/c1-12-17-10-15(9-13-3-2-8-23(19(13)17)20(12)25)22-18(24)11-26-16-6-4-14(21)5-7-16/h4-7,9-10,12H,2-3,8,11H2,1H3,(H,22,24)/t12-/m0/s1. The molecule has 4 rings (SSSR count). The summed E-state index contributed by atoms with van der Waals surface area (Å²) in [5.41, 5.74) is 3.89. The summed E-state index contributed by atoms with van der Waals surface area (Å²) in [5, 5.41) is 3.50. The van der Waals surface area contributed by atoms with E-state index < -0.39 is 0 Å². The molecule has 2 heterocycles. The van der Waals surface area contributed by atoms with Crippen molar-refractivity contribution in [2.75, 3.05) is 23.4 Å². The van der Waals surface area contributed by atoms with E-state index in [1.54, 1.807) is 24.3 Å². The molecule has 6 heteroatoms. The first-order valence-corrected chi connectivity index (χ1v) is 9.07. The third-order valence-corrected chi connectivity index (χ3v) is 5.14. The SMILES string of the molecule is C[C@@H]1C(=O)N2CCCc3cc(NC(=O)COc4ccc(Cl)cc4)cc1c32. The Morgan fingerprint density at radius 3 is 2.85 bits per heavy atom. The van der Waals surface area contributed by atoms with Gasteiger partial charge < -0.3 is 15.0 Å². The number of halogens is 1. The fraction of sp³-hybridized carbons (Fsp3) is 0.300. The first kappa shape index (κ1) is 16.9. The molecular formula is C20H19ClN2O3. The van der Waals surface area contributed by atoms with Crippen molar-refractivity contribution >= 4 is 34.8 Å². The Balaban J connectivity index is 1.48. The number of carbonyl (C=O) groups is 2. The van der Waals surface area contributed by atoms with Gasteiger partial charge in [-0.25, -0.2) is 0 Å². The fourth-order valence-electron chi connectivity index (χ4n) is 3.64. The molecule has 134 valence electrons. The number of nitrogens with one attached hydrogen (secondary N) is 1. The van der Waals surface area contributed by atoms with Gasteiger partial charge in [-0.1, -0.05) is 11.6 Å². The number of amides is 2. The van der Waals surface area contributed by atoms with Crippen LogP contribution in [0.3, 0.4) is 0 Å². The maximum Gasteiger partial charge on any atom is 0.262 e. The first-order valence-electron chi connectivity index (χ1n) is 8.69. The highest BCUT2D eigenvalue weighted by atomic mass is 35.5. The quantitative estimate of drug-likeness (QED) is 0.891. The Morgan fingerprint density at radius 2 is 2.08 bits per heavy atom. The molecule has 0 saturated heterocycles. The highest BCUT2D eigenvalue weighted by Crippen LogP contribution is 2.44. The minimum atomic E-state index is -0.239. The number of rotatable bonds is 4. The van der Waals surface area contributed by atoms with Crippen molar-refractivity contribution in [2.45, 2.75) is 25.7 Å². The van der Waals surface area contributed by atoms with Gasteiger partial charge in [0, 0.05) is 17.3 Å². The van der Waals surface area contributed by atoms with Crippen LogP contribution in [0.25, 0.3) is 0 Å². The lowest BCUT2D eigenvalue weighted by molar-refractivity contribution is -0.119. The van der Waals surface area contributed by atoms with Crippen LogP contribution >= 0.6 is 11.6 Å². The molecule has 2 aliphatic rings. The largest absolute Gasteiger partial charge is 0.484 e. The van der Waals surface area contributed by atoms with Crippen LogP contribution in [-0.2, 0) is 16.0 Å². The third kappa shape index (κ3) is 3.03. The summed E-state index contributed by atoms with van der Waals surface area (Å²) in [4.78, 5) is 26.5. The van der Waals surface area contributed by atoms with E-state index in [-0.39, 0.29) is 24.3 Å². The second-order valence-corrected chi connectivity index (χ2v) is 7.12. The number of anilines is 2. The van der Waals surface area contributed by atoms with E-state index in [0.717, 1.165) is 36.2 Å². The maximum atomic E-state index is 12.4. The number of nitrogens with zero attached hydrogens (tertiary/aromatic N) is 1. The Morgan fingerprint density at radius 1 is 1.31 bits per heavy atom. The zero-order valence-electron chi connectivity index (χ0n) is 14.4. The minimum absolute atomic E-state index is 0.0886. The maximum absolute atomic E-state index is 12.4. The van der Waals surface area contributed by atoms with Gasteiger partial charge in [0.25, 0.3) is 5.91 Å². The second-order valence-electron chi connectivity index (χ2n) is 6.68. The molecule has 0 unspecified atom stereocenters. The predicted molar refractivity (Wildman–Crippen MR) is 101 cm³/mol. The molecular weight excluding hydrogens is 352 g/mol. The molecule has 26 heavy (non-hydrogen) atoms. The van der Waals surface area contributed by atoms with Crippen molar-refractivity contribution in [1.29, 1.82) is 0 Å². The van der Waals surface area contributed by atoms with Gasteiger partial charge in [-0.15, -0.1) is 0 Å². The van der Waals surface area contributed by atoms with Crippen molar-refractivity contribution in [3.05, 3.63) is 52.5 Å². The molecule has 2 aromatic rings. The topological polar surface area (TPSA) is 58.6 Å². The van der Waals surface area contributed by atoms with E-state index in [4.69, 9.17) is 16.3 Å². The van der Waals surface area contributed by atoms with E-state index in [9.17, 15) is 9.59 Å². The Kier molecular flexibility index (Phi) is 4.32. The van der Waals surface area contributed by atoms with E-state index in [2.05, 4.69) is 5.32 Å². The minimum Gasteiger partial charge on any atom is -0.484 e. The predicted octanol–water partition coefficient (Wildman–Crippen LogP) is 3.75. The normalized spacial score (nSPS) is 17.8. The van der Waals surface area contributed by atoms with Gasteiger partial charge in [-0.05, 0) is 67.3 Å². The van der Waals surface area contributed by atoms with Crippen LogP contribution in [-0.4, -0.2) is 25.0 Å². The summed E-state index contributed by atoms with van der Waals surface area (Å²) >= 11 is 5.83. The molecule has 0 aliphatic carbocycles. The van der Waals surface area contributed by atoms with Gasteiger partial charge in [-0.2, -0.15) is 0 Å². The number of hydrogen-bond donors (Lipinski definition) is 1. The number of hydrogen-bond acceptors (Lipinski definition) is 3. The molecule has 2 aromatic carbocycles. The van der Waals surface area contributed by atoms with Crippen LogP contribution in [0.5, 0.6) is 5.75 Å². The second kappa shape index (κ2) is 6.65. The van der Waals surface area contributed by atoms with Crippen LogP contribution in [0.2, 0.25) is 5.02 Å². The third-order valence-electron chi connectivity index (χ3n) is 4.89. The molecule has 1 atom stereocenters. The summed E-state index contributed by atoms with van der Waals surface area (Å²) in [6, 6.07) is 10.7. The summed E-state index contributed by atoms with van der Waals surface area (Å²) < 4.78 is 5.48. The highest BCUT2D eigenvalue weighted by molar-refractivity contribution is 6.30.